The van der Waals surface area contributed by atoms with E-state index in [2.05, 4.69) is 0 Å². The molecular formula is C12H16O7S. The van der Waals surface area contributed by atoms with Gasteiger partial charge in [-0.05, 0) is 12.1 Å². The second-order valence-corrected chi connectivity index (χ2v) is 6.07. The molecule has 1 aromatic carbocycles. The molecule has 112 valence electrons. The molecule has 0 aliphatic carbocycles. The zero-order chi connectivity index (χ0) is 14.9. The van der Waals surface area contributed by atoms with E-state index in [0.29, 0.717) is 0 Å². The van der Waals surface area contributed by atoms with Crippen LogP contribution in [0.1, 0.15) is 0 Å². The number of benzene rings is 1. The van der Waals surface area contributed by atoms with Crippen LogP contribution in [0.5, 0.6) is 0 Å². The van der Waals surface area contributed by atoms with Gasteiger partial charge in [-0.15, -0.1) is 0 Å². The third-order valence-corrected chi connectivity index (χ3v) is 4.72. The Morgan fingerprint density at radius 3 is 2.30 bits per heavy atom. The van der Waals surface area contributed by atoms with E-state index in [-0.39, 0.29) is 4.90 Å². The molecular weight excluding hydrogens is 288 g/mol. The Balaban J connectivity index is 2.34. The van der Waals surface area contributed by atoms with Gasteiger partial charge in [-0.25, -0.2) is 4.21 Å². The average molecular weight is 304 g/mol. The van der Waals surface area contributed by atoms with Crippen LogP contribution in [-0.4, -0.2) is 65.9 Å². The average Bonchev–Trinajstić information content (AvgIpc) is 2.49. The molecule has 1 unspecified atom stereocenters. The minimum Gasteiger partial charge on any atom is -0.394 e. The van der Waals surface area contributed by atoms with Gasteiger partial charge in [0, 0.05) is 4.90 Å². The maximum absolute atomic E-state index is 12.3. The molecule has 5 N–H and O–H groups in total. The second kappa shape index (κ2) is 5.86. The van der Waals surface area contributed by atoms with Crippen molar-refractivity contribution in [2.75, 3.05) is 6.61 Å². The van der Waals surface area contributed by atoms with Crippen molar-refractivity contribution in [2.24, 2.45) is 0 Å². The van der Waals surface area contributed by atoms with Gasteiger partial charge < -0.3 is 30.3 Å². The molecule has 20 heavy (non-hydrogen) atoms. The van der Waals surface area contributed by atoms with Gasteiger partial charge in [0.1, 0.15) is 35.2 Å². The maximum atomic E-state index is 12.3. The summed E-state index contributed by atoms with van der Waals surface area (Å²) in [5.41, 5.74) is 0. The van der Waals surface area contributed by atoms with Gasteiger partial charge in [0.05, 0.1) is 6.61 Å². The number of ether oxygens (including phenoxy) is 1. The molecule has 6 atom stereocenters. The first-order valence-electron chi connectivity index (χ1n) is 5.94. The lowest BCUT2D eigenvalue weighted by atomic mass is 9.99. The fraction of sp³-hybridized carbons (Fsp3) is 0.500. The Hall–Kier alpha value is -0.870. The third-order valence-electron chi connectivity index (χ3n) is 3.15. The first-order valence-corrected chi connectivity index (χ1v) is 7.09. The number of rotatable bonds is 3. The van der Waals surface area contributed by atoms with Crippen molar-refractivity contribution in [1.82, 2.24) is 0 Å². The summed E-state index contributed by atoms with van der Waals surface area (Å²) in [6, 6.07) is 7.75. The van der Waals surface area contributed by atoms with Crippen LogP contribution >= 0.6 is 0 Å². The monoisotopic (exact) mass is 304 g/mol. The van der Waals surface area contributed by atoms with Crippen molar-refractivity contribution < 1.29 is 34.5 Å². The van der Waals surface area contributed by atoms with Gasteiger partial charge in [0.25, 0.3) is 5.12 Å². The molecule has 0 spiro atoms. The normalized spacial score (nSPS) is 39.5. The Bertz CT molecular complexity index is 480. The fourth-order valence-corrected chi connectivity index (χ4v) is 3.30. The second-order valence-electron chi connectivity index (χ2n) is 4.48. The Morgan fingerprint density at radius 2 is 1.75 bits per heavy atom. The van der Waals surface area contributed by atoms with Crippen LogP contribution < -0.4 is 0 Å². The van der Waals surface area contributed by atoms with Crippen molar-refractivity contribution in [3.63, 3.8) is 0 Å². The fourth-order valence-electron chi connectivity index (χ4n) is 1.99. The van der Waals surface area contributed by atoms with E-state index in [1.165, 1.54) is 12.1 Å². The molecule has 1 aliphatic rings. The summed E-state index contributed by atoms with van der Waals surface area (Å²) in [6.45, 7) is -0.709. The smallest absolute Gasteiger partial charge is 0.279 e. The summed E-state index contributed by atoms with van der Waals surface area (Å²) in [5, 5.41) is 45.9. The third kappa shape index (κ3) is 2.51. The topological polar surface area (TPSA) is 127 Å². The SMILES string of the molecule is O=S(c1ccccc1)[C@@]1(O)O[C@@H](CO)[C@@H](O)[C@@H](O)[C@@H]1O. The molecule has 1 fully saturated rings. The summed E-state index contributed by atoms with van der Waals surface area (Å²) in [5.74, 6) is 0. The predicted molar refractivity (Wildman–Crippen MR) is 67.8 cm³/mol. The van der Waals surface area contributed by atoms with Crippen LogP contribution in [0, 0.1) is 0 Å². The van der Waals surface area contributed by atoms with Crippen molar-refractivity contribution >= 4 is 10.8 Å². The van der Waals surface area contributed by atoms with Gasteiger partial charge in [-0.3, -0.25) is 0 Å². The predicted octanol–water partition coefficient (Wildman–Crippen LogP) is -2.09. The lowest BCUT2D eigenvalue weighted by molar-refractivity contribution is -0.307. The first-order chi connectivity index (χ1) is 9.41. The molecule has 0 radical (unpaired) electrons. The van der Waals surface area contributed by atoms with Gasteiger partial charge in [-0.2, -0.15) is 0 Å². The summed E-state index contributed by atoms with van der Waals surface area (Å²) >= 11 is 0. The summed E-state index contributed by atoms with van der Waals surface area (Å²) in [7, 11) is -2.22. The zero-order valence-corrected chi connectivity index (χ0v) is 11.2. The standard InChI is InChI=1S/C12H16O7S/c13-6-8-9(14)10(15)11(16)12(17,19-8)20(18)7-4-2-1-3-5-7/h1-5,8-11,13-17H,6H2/t8-,9+,10+,11-,12-,20?/m0/s1. The minimum absolute atomic E-state index is 0.175. The molecule has 1 aromatic rings. The van der Waals surface area contributed by atoms with Gasteiger partial charge in [-0.1, -0.05) is 18.2 Å². The molecule has 0 bridgehead atoms. The lowest BCUT2D eigenvalue weighted by Gasteiger charge is -2.44. The number of aliphatic hydroxyl groups excluding tert-OH is 4. The molecule has 8 heteroatoms. The lowest BCUT2D eigenvalue weighted by Crippen LogP contribution is -2.66. The van der Waals surface area contributed by atoms with Crippen molar-refractivity contribution in [2.45, 2.75) is 34.4 Å². The molecule has 2 rings (SSSR count). The summed E-state index contributed by atoms with van der Waals surface area (Å²) < 4.78 is 17.3. The van der Waals surface area contributed by atoms with Crippen molar-refractivity contribution in [3.8, 4) is 0 Å². The molecule has 7 nitrogen and oxygen atoms in total. The van der Waals surface area contributed by atoms with E-state index in [0.717, 1.165) is 0 Å². The minimum atomic E-state index is -2.62. The highest BCUT2D eigenvalue weighted by molar-refractivity contribution is 7.86. The van der Waals surface area contributed by atoms with Gasteiger partial charge in [0.15, 0.2) is 0 Å². The first kappa shape index (κ1) is 15.5. The van der Waals surface area contributed by atoms with Crippen molar-refractivity contribution in [1.29, 1.82) is 0 Å². The van der Waals surface area contributed by atoms with Crippen LogP contribution in [0.2, 0.25) is 0 Å². The van der Waals surface area contributed by atoms with Crippen LogP contribution in [0.4, 0.5) is 0 Å². The molecule has 1 aliphatic heterocycles. The zero-order valence-electron chi connectivity index (χ0n) is 10.4. The van der Waals surface area contributed by atoms with E-state index in [9.17, 15) is 24.6 Å². The molecule has 0 amide bonds. The van der Waals surface area contributed by atoms with Crippen molar-refractivity contribution in [3.05, 3.63) is 30.3 Å². The maximum Gasteiger partial charge on any atom is 0.279 e. The number of hydrogen-bond acceptors (Lipinski definition) is 7. The Labute approximate surface area is 117 Å². The summed E-state index contributed by atoms with van der Waals surface area (Å²) in [6.07, 6.45) is -6.73. The van der Waals surface area contributed by atoms with E-state index >= 15 is 0 Å². The van der Waals surface area contributed by atoms with Crippen LogP contribution in [0.3, 0.4) is 0 Å². The van der Waals surface area contributed by atoms with Gasteiger partial charge >= 0.3 is 0 Å². The highest BCUT2D eigenvalue weighted by Gasteiger charge is 2.56. The number of hydrogen-bond donors (Lipinski definition) is 5. The number of aliphatic hydroxyl groups is 5. The highest BCUT2D eigenvalue weighted by Crippen LogP contribution is 2.33. The van der Waals surface area contributed by atoms with Gasteiger partial charge in [0.2, 0.25) is 0 Å². The van der Waals surface area contributed by atoms with Crippen LogP contribution in [-0.2, 0) is 15.5 Å². The molecule has 0 saturated carbocycles. The van der Waals surface area contributed by atoms with E-state index in [4.69, 9.17) is 9.84 Å². The Morgan fingerprint density at radius 1 is 1.15 bits per heavy atom. The molecule has 1 saturated heterocycles. The molecule has 0 aromatic heterocycles. The van der Waals surface area contributed by atoms with E-state index in [1.54, 1.807) is 18.2 Å². The van der Waals surface area contributed by atoms with Crippen LogP contribution in [0.25, 0.3) is 0 Å². The summed E-state index contributed by atoms with van der Waals surface area (Å²) in [4.78, 5) is 0.175. The highest BCUT2D eigenvalue weighted by atomic mass is 32.2. The molecule has 1 heterocycles. The van der Waals surface area contributed by atoms with E-state index < -0.39 is 46.9 Å². The quantitative estimate of drug-likeness (QED) is 0.433. The van der Waals surface area contributed by atoms with Crippen LogP contribution in [0.15, 0.2) is 35.2 Å². The van der Waals surface area contributed by atoms with E-state index in [1.807, 2.05) is 0 Å². The largest absolute Gasteiger partial charge is 0.394 e. The Kier molecular flexibility index (Phi) is 4.55.